The summed E-state index contributed by atoms with van der Waals surface area (Å²) in [5.74, 6) is 0.804. The van der Waals surface area contributed by atoms with Crippen LogP contribution in [0.25, 0.3) is 0 Å². The number of nitrogens with one attached hydrogen (secondary N) is 1. The van der Waals surface area contributed by atoms with Gasteiger partial charge in [-0.15, -0.1) is 0 Å². The van der Waals surface area contributed by atoms with Gasteiger partial charge in [-0.1, -0.05) is 26.7 Å². The predicted octanol–water partition coefficient (Wildman–Crippen LogP) is 2.21. The molecule has 3 nitrogen and oxygen atoms in total. The molecule has 1 aliphatic rings. The lowest BCUT2D eigenvalue weighted by molar-refractivity contribution is 0.183. The van der Waals surface area contributed by atoms with E-state index in [-0.39, 0.29) is 0 Å². The van der Waals surface area contributed by atoms with Gasteiger partial charge in [0.2, 0.25) is 0 Å². The third kappa shape index (κ3) is 4.87. The Balaban J connectivity index is 2.37. The van der Waals surface area contributed by atoms with Gasteiger partial charge in [0.25, 0.3) is 0 Å². The van der Waals surface area contributed by atoms with E-state index in [0.717, 1.165) is 12.5 Å². The molecule has 0 aromatic carbocycles. The molecule has 0 aliphatic heterocycles. The van der Waals surface area contributed by atoms with Crippen LogP contribution in [0.4, 0.5) is 0 Å². The molecule has 1 fully saturated rings. The molecule has 3 heteroatoms. The number of rotatable bonds is 7. The van der Waals surface area contributed by atoms with Crippen LogP contribution >= 0.6 is 0 Å². The van der Waals surface area contributed by atoms with Gasteiger partial charge in [-0.05, 0) is 45.7 Å². The number of hydrogen-bond acceptors (Lipinski definition) is 3. The molecule has 0 saturated heterocycles. The van der Waals surface area contributed by atoms with Gasteiger partial charge in [0.15, 0.2) is 0 Å². The van der Waals surface area contributed by atoms with E-state index < -0.39 is 0 Å². The minimum Gasteiger partial charge on any atom is -0.328 e. The Morgan fingerprint density at radius 1 is 1.11 bits per heavy atom. The fourth-order valence-electron chi connectivity index (χ4n) is 3.21. The summed E-state index contributed by atoms with van der Waals surface area (Å²) in [4.78, 5) is 2.39. The number of likely N-dealkylation sites (N-methyl/N-ethyl adjacent to an activating group) is 1. The van der Waals surface area contributed by atoms with E-state index in [1.807, 2.05) is 0 Å². The second-order valence-electron chi connectivity index (χ2n) is 6.13. The maximum absolute atomic E-state index is 5.96. The van der Waals surface area contributed by atoms with Crippen LogP contribution in [0.3, 0.4) is 0 Å². The van der Waals surface area contributed by atoms with Crippen LogP contribution in [0, 0.1) is 5.92 Å². The molecular formula is C15H33N3. The number of nitrogens with zero attached hydrogens (tertiary/aromatic N) is 1. The molecule has 0 aromatic heterocycles. The van der Waals surface area contributed by atoms with Crippen LogP contribution in [0.5, 0.6) is 0 Å². The summed E-state index contributed by atoms with van der Waals surface area (Å²) in [6, 6.07) is 1.81. The Bertz CT molecular complexity index is 206. The second kappa shape index (κ2) is 8.13. The van der Waals surface area contributed by atoms with Gasteiger partial charge in [-0.2, -0.15) is 0 Å². The Hall–Kier alpha value is -0.120. The van der Waals surface area contributed by atoms with E-state index in [9.17, 15) is 0 Å². The van der Waals surface area contributed by atoms with E-state index in [1.54, 1.807) is 0 Å². The molecule has 1 unspecified atom stereocenters. The van der Waals surface area contributed by atoms with Gasteiger partial charge >= 0.3 is 0 Å². The smallest absolute Gasteiger partial charge is 0.0242 e. The van der Waals surface area contributed by atoms with Crippen LogP contribution in [0.2, 0.25) is 0 Å². The molecule has 0 aromatic rings. The first-order valence-corrected chi connectivity index (χ1v) is 7.73. The van der Waals surface area contributed by atoms with Crippen LogP contribution in [-0.2, 0) is 0 Å². The van der Waals surface area contributed by atoms with Crippen molar-refractivity contribution < 1.29 is 0 Å². The van der Waals surface area contributed by atoms with Gasteiger partial charge in [-0.3, -0.25) is 0 Å². The lowest BCUT2D eigenvalue weighted by atomic mass is 9.90. The van der Waals surface area contributed by atoms with Crippen molar-refractivity contribution >= 4 is 0 Å². The molecule has 0 amide bonds. The summed E-state index contributed by atoms with van der Waals surface area (Å²) in [6.45, 7) is 5.74. The molecular weight excluding hydrogens is 222 g/mol. The Kier molecular flexibility index (Phi) is 7.20. The fraction of sp³-hybridized carbons (Fsp3) is 1.00. The predicted molar refractivity (Wildman–Crippen MR) is 79.8 cm³/mol. The maximum atomic E-state index is 5.96. The summed E-state index contributed by atoms with van der Waals surface area (Å²) in [5, 5.41) is 3.78. The lowest BCUT2D eigenvalue weighted by Crippen LogP contribution is -2.47. The minimum absolute atomic E-state index is 0.451. The van der Waals surface area contributed by atoms with Gasteiger partial charge in [-0.25, -0.2) is 0 Å². The number of hydrogen-bond donors (Lipinski definition) is 2. The first-order valence-electron chi connectivity index (χ1n) is 7.73. The third-order valence-corrected chi connectivity index (χ3v) is 4.64. The van der Waals surface area contributed by atoms with Crippen LogP contribution in [0.15, 0.2) is 0 Å². The molecule has 3 N–H and O–H groups in total. The summed E-state index contributed by atoms with van der Waals surface area (Å²) < 4.78 is 0. The summed E-state index contributed by atoms with van der Waals surface area (Å²) in [5.41, 5.74) is 5.96. The molecule has 18 heavy (non-hydrogen) atoms. The summed E-state index contributed by atoms with van der Waals surface area (Å²) in [7, 11) is 4.42. The maximum Gasteiger partial charge on any atom is 0.0242 e. The average Bonchev–Trinajstić information content (AvgIpc) is 2.36. The summed E-state index contributed by atoms with van der Waals surface area (Å²) >= 11 is 0. The fourth-order valence-corrected chi connectivity index (χ4v) is 3.21. The molecule has 1 saturated carbocycles. The van der Waals surface area contributed by atoms with E-state index in [4.69, 9.17) is 5.73 Å². The molecule has 0 bridgehead atoms. The van der Waals surface area contributed by atoms with Crippen molar-refractivity contribution in [3.8, 4) is 0 Å². The van der Waals surface area contributed by atoms with Crippen molar-refractivity contribution in [1.82, 2.24) is 10.2 Å². The van der Waals surface area contributed by atoms with Crippen LogP contribution in [-0.4, -0.2) is 43.7 Å². The molecule has 0 heterocycles. The molecule has 0 radical (unpaired) electrons. The van der Waals surface area contributed by atoms with Gasteiger partial charge < -0.3 is 16.0 Å². The lowest BCUT2D eigenvalue weighted by Gasteiger charge is -2.34. The van der Waals surface area contributed by atoms with E-state index in [0.29, 0.717) is 18.1 Å². The number of nitrogens with two attached hydrogens (primary N) is 1. The largest absolute Gasteiger partial charge is 0.328 e. The quantitative estimate of drug-likeness (QED) is 0.733. The van der Waals surface area contributed by atoms with Gasteiger partial charge in [0, 0.05) is 24.7 Å². The van der Waals surface area contributed by atoms with Crippen molar-refractivity contribution in [2.24, 2.45) is 11.7 Å². The second-order valence-corrected chi connectivity index (χ2v) is 6.13. The van der Waals surface area contributed by atoms with Crippen molar-refractivity contribution in [2.45, 2.75) is 70.5 Å². The molecule has 0 spiro atoms. The average molecular weight is 255 g/mol. The Morgan fingerprint density at radius 2 is 1.67 bits per heavy atom. The van der Waals surface area contributed by atoms with E-state index in [2.05, 4.69) is 38.2 Å². The standard InChI is InChI=1S/C15H33N3/c1-5-12(6-2)15(18(3)4)11-17-14-9-7-13(16)8-10-14/h12-15,17H,5-11,16H2,1-4H3. The first kappa shape index (κ1) is 15.9. The van der Waals surface area contributed by atoms with Gasteiger partial charge in [0.05, 0.1) is 0 Å². The first-order chi connectivity index (χ1) is 8.58. The molecule has 108 valence electrons. The normalized spacial score (nSPS) is 26.8. The van der Waals surface area contributed by atoms with Crippen molar-refractivity contribution in [2.75, 3.05) is 20.6 Å². The molecule has 1 atom stereocenters. The van der Waals surface area contributed by atoms with Crippen molar-refractivity contribution in [3.63, 3.8) is 0 Å². The monoisotopic (exact) mass is 255 g/mol. The SMILES string of the molecule is CCC(CC)C(CNC1CCC(N)CC1)N(C)C. The van der Waals surface area contributed by atoms with Crippen LogP contribution < -0.4 is 11.1 Å². The summed E-state index contributed by atoms with van der Waals surface area (Å²) in [6.07, 6.45) is 7.44. The topological polar surface area (TPSA) is 41.3 Å². The van der Waals surface area contributed by atoms with E-state index in [1.165, 1.54) is 38.5 Å². The Labute approximate surface area is 113 Å². The van der Waals surface area contributed by atoms with E-state index >= 15 is 0 Å². The van der Waals surface area contributed by atoms with Crippen LogP contribution in [0.1, 0.15) is 52.4 Å². The highest BCUT2D eigenvalue weighted by Crippen LogP contribution is 2.19. The van der Waals surface area contributed by atoms with Crippen molar-refractivity contribution in [1.29, 1.82) is 0 Å². The zero-order chi connectivity index (χ0) is 13.5. The highest BCUT2D eigenvalue weighted by atomic mass is 15.1. The Morgan fingerprint density at radius 3 is 2.11 bits per heavy atom. The zero-order valence-corrected chi connectivity index (χ0v) is 12.8. The molecule has 1 rings (SSSR count). The minimum atomic E-state index is 0.451. The highest BCUT2D eigenvalue weighted by molar-refractivity contribution is 4.83. The molecule has 1 aliphatic carbocycles. The van der Waals surface area contributed by atoms with Gasteiger partial charge in [0.1, 0.15) is 0 Å². The third-order valence-electron chi connectivity index (χ3n) is 4.64. The zero-order valence-electron chi connectivity index (χ0n) is 12.8. The highest BCUT2D eigenvalue weighted by Gasteiger charge is 2.23. The van der Waals surface area contributed by atoms with Crippen molar-refractivity contribution in [3.05, 3.63) is 0 Å².